The monoisotopic (exact) mass is 304 g/mol. The van der Waals surface area contributed by atoms with Gasteiger partial charge in [-0.25, -0.2) is 14.4 Å². The average Bonchev–Trinajstić information content (AvgIpc) is 2.47. The number of rotatable bonds is 6. The molecule has 1 aromatic rings. The van der Waals surface area contributed by atoms with E-state index in [1.54, 1.807) is 19.1 Å². The van der Waals surface area contributed by atoms with Crippen LogP contribution >= 0.6 is 0 Å². The Bertz CT molecular complexity index is 633. The number of carbonyl (C=O) groups is 2. The summed E-state index contributed by atoms with van der Waals surface area (Å²) in [5.74, 6) is -0.543. The molecule has 0 aromatic heterocycles. The largest absolute Gasteiger partial charge is 0.459 e. The number of aliphatic imine (C=N–C) groups is 1. The van der Waals surface area contributed by atoms with Crippen LogP contribution in [-0.4, -0.2) is 31.4 Å². The number of aryl methyl sites for hydroxylation is 1. The zero-order chi connectivity index (χ0) is 16.5. The van der Waals surface area contributed by atoms with E-state index >= 15 is 0 Å². The standard InChI is InChI=1S/C15H16N2O5/c1-10(2)14(19)21-6-7-22-15(20)17-12-5-4-11(3)13(8-12)16-9-18/h4-5,8H,1,6-7H2,2-3H3,(H,17,20). The summed E-state index contributed by atoms with van der Waals surface area (Å²) in [6.07, 6.45) is 0.731. The summed E-state index contributed by atoms with van der Waals surface area (Å²) in [5.41, 5.74) is 1.87. The first-order chi connectivity index (χ1) is 10.4. The van der Waals surface area contributed by atoms with Crippen molar-refractivity contribution >= 4 is 29.5 Å². The van der Waals surface area contributed by atoms with Gasteiger partial charge >= 0.3 is 12.1 Å². The molecule has 0 atom stereocenters. The number of anilines is 1. The summed E-state index contributed by atoms with van der Waals surface area (Å²) < 4.78 is 9.61. The van der Waals surface area contributed by atoms with Crippen LogP contribution in [0, 0.1) is 6.92 Å². The van der Waals surface area contributed by atoms with E-state index in [0.29, 0.717) is 11.4 Å². The predicted molar refractivity (Wildman–Crippen MR) is 79.7 cm³/mol. The van der Waals surface area contributed by atoms with Crippen LogP contribution < -0.4 is 5.32 Å². The third-order valence-electron chi connectivity index (χ3n) is 2.52. The first-order valence-corrected chi connectivity index (χ1v) is 6.39. The topological polar surface area (TPSA) is 94.1 Å². The van der Waals surface area contributed by atoms with E-state index in [9.17, 15) is 14.4 Å². The minimum atomic E-state index is -0.712. The highest BCUT2D eigenvalue weighted by molar-refractivity contribution is 5.87. The Morgan fingerprint density at radius 1 is 1.32 bits per heavy atom. The Morgan fingerprint density at radius 2 is 2.00 bits per heavy atom. The molecular formula is C15H16N2O5. The summed E-state index contributed by atoms with van der Waals surface area (Å²) in [6, 6.07) is 4.85. The van der Waals surface area contributed by atoms with Crippen LogP contribution in [0.2, 0.25) is 0 Å². The first-order valence-electron chi connectivity index (χ1n) is 6.39. The molecule has 1 aromatic carbocycles. The highest BCUT2D eigenvalue weighted by atomic mass is 16.6. The van der Waals surface area contributed by atoms with Gasteiger partial charge in [0.15, 0.2) is 0 Å². The number of nitrogens with zero attached hydrogens (tertiary/aromatic N) is 1. The molecule has 0 bridgehead atoms. The molecule has 0 saturated heterocycles. The van der Waals surface area contributed by atoms with Gasteiger partial charge in [0.1, 0.15) is 13.2 Å². The summed E-state index contributed by atoms with van der Waals surface area (Å²) in [7, 11) is 0. The highest BCUT2D eigenvalue weighted by Crippen LogP contribution is 2.22. The molecule has 0 aliphatic carbocycles. The Labute approximate surface area is 127 Å². The number of carbonyl (C=O) groups excluding carboxylic acids is 3. The molecule has 116 valence electrons. The van der Waals surface area contributed by atoms with Crippen molar-refractivity contribution in [3.8, 4) is 0 Å². The Morgan fingerprint density at radius 3 is 2.64 bits per heavy atom. The van der Waals surface area contributed by atoms with Gasteiger partial charge < -0.3 is 9.47 Å². The molecule has 0 fully saturated rings. The lowest BCUT2D eigenvalue weighted by atomic mass is 10.2. The van der Waals surface area contributed by atoms with E-state index in [-0.39, 0.29) is 18.8 Å². The predicted octanol–water partition coefficient (Wildman–Crippen LogP) is 2.63. The number of isocyanates is 1. The molecule has 0 spiro atoms. The molecule has 7 heteroatoms. The smallest absolute Gasteiger partial charge is 0.411 e. The molecule has 0 aliphatic heterocycles. The fourth-order valence-corrected chi connectivity index (χ4v) is 1.40. The van der Waals surface area contributed by atoms with Crippen molar-refractivity contribution in [3.63, 3.8) is 0 Å². The van der Waals surface area contributed by atoms with E-state index in [0.717, 1.165) is 5.56 Å². The number of esters is 1. The summed E-state index contributed by atoms with van der Waals surface area (Å²) >= 11 is 0. The molecule has 0 aliphatic rings. The number of nitrogens with one attached hydrogen (secondary N) is 1. The molecule has 0 unspecified atom stereocenters. The molecule has 0 heterocycles. The van der Waals surface area contributed by atoms with Gasteiger partial charge in [0.2, 0.25) is 6.08 Å². The van der Waals surface area contributed by atoms with Crippen molar-refractivity contribution in [2.45, 2.75) is 13.8 Å². The van der Waals surface area contributed by atoms with E-state index in [1.165, 1.54) is 19.1 Å². The number of benzene rings is 1. The Balaban J connectivity index is 2.45. The summed E-state index contributed by atoms with van der Waals surface area (Å²) in [6.45, 7) is 6.57. The fourth-order valence-electron chi connectivity index (χ4n) is 1.40. The van der Waals surface area contributed by atoms with Crippen LogP contribution in [-0.2, 0) is 19.1 Å². The highest BCUT2D eigenvalue weighted by Gasteiger charge is 2.07. The lowest BCUT2D eigenvalue weighted by molar-refractivity contribution is -0.139. The van der Waals surface area contributed by atoms with Crippen molar-refractivity contribution < 1.29 is 23.9 Å². The average molecular weight is 304 g/mol. The van der Waals surface area contributed by atoms with Crippen molar-refractivity contribution in [3.05, 3.63) is 35.9 Å². The van der Waals surface area contributed by atoms with Gasteiger partial charge in [0.25, 0.3) is 0 Å². The summed E-state index contributed by atoms with van der Waals surface area (Å²) in [4.78, 5) is 36.4. The van der Waals surface area contributed by atoms with E-state index in [1.807, 2.05) is 0 Å². The van der Waals surface area contributed by atoms with Crippen molar-refractivity contribution in [1.82, 2.24) is 0 Å². The maximum Gasteiger partial charge on any atom is 0.411 e. The number of hydrogen-bond donors (Lipinski definition) is 1. The maximum atomic E-state index is 11.5. The fraction of sp³-hybridized carbons (Fsp3) is 0.267. The van der Waals surface area contributed by atoms with Crippen LogP contribution in [0.1, 0.15) is 12.5 Å². The van der Waals surface area contributed by atoms with Gasteiger partial charge in [-0.1, -0.05) is 12.6 Å². The SMILES string of the molecule is C=C(C)C(=O)OCCOC(=O)Nc1ccc(C)c(N=C=O)c1. The quantitative estimate of drug-likeness (QED) is 0.287. The van der Waals surface area contributed by atoms with Crippen molar-refractivity contribution in [2.75, 3.05) is 18.5 Å². The molecule has 0 saturated carbocycles. The third-order valence-corrected chi connectivity index (χ3v) is 2.52. The van der Waals surface area contributed by atoms with Crippen LogP contribution in [0.4, 0.5) is 16.2 Å². The molecule has 0 radical (unpaired) electrons. The maximum absolute atomic E-state index is 11.5. The summed E-state index contributed by atoms with van der Waals surface area (Å²) in [5, 5.41) is 2.47. The lowest BCUT2D eigenvalue weighted by Gasteiger charge is -2.08. The van der Waals surface area contributed by atoms with Crippen molar-refractivity contribution in [1.29, 1.82) is 0 Å². The van der Waals surface area contributed by atoms with Crippen LogP contribution in [0.25, 0.3) is 0 Å². The van der Waals surface area contributed by atoms with Crippen molar-refractivity contribution in [2.24, 2.45) is 4.99 Å². The van der Waals surface area contributed by atoms with Crippen LogP contribution in [0.5, 0.6) is 0 Å². The third kappa shape index (κ3) is 5.60. The van der Waals surface area contributed by atoms with Gasteiger partial charge in [-0.05, 0) is 31.5 Å². The minimum absolute atomic E-state index is 0.0618. The Hall–Kier alpha value is -2.92. The van der Waals surface area contributed by atoms with Gasteiger partial charge in [0.05, 0.1) is 5.69 Å². The second-order valence-electron chi connectivity index (χ2n) is 4.38. The van der Waals surface area contributed by atoms with E-state index in [2.05, 4.69) is 16.9 Å². The normalized spacial score (nSPS) is 9.36. The van der Waals surface area contributed by atoms with Crippen LogP contribution in [0.3, 0.4) is 0 Å². The van der Waals surface area contributed by atoms with Gasteiger partial charge in [-0.3, -0.25) is 5.32 Å². The first kappa shape index (κ1) is 17.1. The second-order valence-corrected chi connectivity index (χ2v) is 4.38. The van der Waals surface area contributed by atoms with Gasteiger partial charge in [-0.15, -0.1) is 0 Å². The lowest BCUT2D eigenvalue weighted by Crippen LogP contribution is -2.18. The molecule has 1 amide bonds. The Kier molecular flexibility index (Phi) is 6.53. The minimum Gasteiger partial charge on any atom is -0.459 e. The number of amides is 1. The molecule has 7 nitrogen and oxygen atoms in total. The number of ether oxygens (including phenoxy) is 2. The number of hydrogen-bond acceptors (Lipinski definition) is 6. The zero-order valence-corrected chi connectivity index (χ0v) is 12.3. The molecule has 1 rings (SSSR count). The van der Waals surface area contributed by atoms with E-state index in [4.69, 9.17) is 9.47 Å². The molecular weight excluding hydrogens is 288 g/mol. The van der Waals surface area contributed by atoms with Crippen LogP contribution in [0.15, 0.2) is 35.3 Å². The zero-order valence-electron chi connectivity index (χ0n) is 12.3. The molecule has 22 heavy (non-hydrogen) atoms. The van der Waals surface area contributed by atoms with E-state index < -0.39 is 12.1 Å². The second kappa shape index (κ2) is 8.39. The molecule has 1 N–H and O–H groups in total. The van der Waals surface area contributed by atoms with Gasteiger partial charge in [0, 0.05) is 11.3 Å². The van der Waals surface area contributed by atoms with Gasteiger partial charge in [-0.2, -0.15) is 4.99 Å².